The van der Waals surface area contributed by atoms with Crippen LogP contribution in [0.1, 0.15) is 47.1 Å². The zero-order chi connectivity index (χ0) is 15.6. The summed E-state index contributed by atoms with van der Waals surface area (Å²) < 4.78 is 0. The van der Waals surface area contributed by atoms with E-state index in [2.05, 4.69) is 24.1 Å². The number of aromatic nitrogens is 1. The quantitative estimate of drug-likeness (QED) is 0.667. The number of aryl methyl sites for hydroxylation is 2. The maximum absolute atomic E-state index is 10.7. The molecule has 0 aliphatic heterocycles. The van der Waals surface area contributed by atoms with E-state index in [1.165, 1.54) is 4.88 Å². The maximum Gasteiger partial charge on any atom is 0.269 e. The summed E-state index contributed by atoms with van der Waals surface area (Å²) in [6.45, 7) is 8.20. The molecule has 21 heavy (non-hydrogen) atoms. The zero-order valence-corrected chi connectivity index (χ0v) is 13.4. The van der Waals surface area contributed by atoms with E-state index >= 15 is 0 Å². The Morgan fingerprint density at radius 3 is 2.29 bits per heavy atom. The molecule has 0 radical (unpaired) electrons. The van der Waals surface area contributed by atoms with Gasteiger partial charge in [-0.05, 0) is 33.3 Å². The van der Waals surface area contributed by atoms with E-state index in [4.69, 9.17) is 0 Å². The van der Waals surface area contributed by atoms with Crippen LogP contribution in [0, 0.1) is 24.0 Å². The van der Waals surface area contributed by atoms with E-state index in [0.717, 1.165) is 16.3 Å². The third-order valence-corrected chi connectivity index (χ3v) is 4.69. The lowest BCUT2D eigenvalue weighted by Crippen LogP contribution is -2.22. The van der Waals surface area contributed by atoms with Crippen molar-refractivity contribution in [2.75, 3.05) is 0 Å². The maximum atomic E-state index is 10.7. The number of nitro groups is 1. The van der Waals surface area contributed by atoms with E-state index in [1.807, 2.05) is 13.8 Å². The van der Waals surface area contributed by atoms with Gasteiger partial charge in [0.25, 0.3) is 5.69 Å². The summed E-state index contributed by atoms with van der Waals surface area (Å²) in [6.07, 6.45) is 0. The molecule has 0 aliphatic rings. The van der Waals surface area contributed by atoms with Crippen LogP contribution in [0.5, 0.6) is 0 Å². The van der Waals surface area contributed by atoms with E-state index in [0.29, 0.717) is 0 Å². The van der Waals surface area contributed by atoms with Crippen LogP contribution < -0.4 is 5.32 Å². The minimum absolute atomic E-state index is 0.114. The second kappa shape index (κ2) is 6.32. The zero-order valence-electron chi connectivity index (χ0n) is 12.6. The first-order valence-corrected chi connectivity index (χ1v) is 7.64. The van der Waals surface area contributed by atoms with E-state index in [1.54, 1.807) is 35.6 Å². The topological polar surface area (TPSA) is 68.1 Å². The fourth-order valence-corrected chi connectivity index (χ4v) is 3.32. The van der Waals surface area contributed by atoms with Crippen molar-refractivity contribution < 1.29 is 4.92 Å². The Bertz CT molecular complexity index is 637. The Balaban J connectivity index is 2.08. The highest BCUT2D eigenvalue weighted by Gasteiger charge is 2.16. The normalized spacial score (nSPS) is 13.9. The highest BCUT2D eigenvalue weighted by molar-refractivity contribution is 7.11. The molecule has 1 heterocycles. The Morgan fingerprint density at radius 1 is 1.19 bits per heavy atom. The van der Waals surface area contributed by atoms with Crippen molar-refractivity contribution in [2.24, 2.45) is 0 Å². The van der Waals surface area contributed by atoms with E-state index in [-0.39, 0.29) is 22.7 Å². The van der Waals surface area contributed by atoms with Gasteiger partial charge in [0.05, 0.1) is 15.6 Å². The summed E-state index contributed by atoms with van der Waals surface area (Å²) >= 11 is 1.70. The van der Waals surface area contributed by atoms with Crippen LogP contribution in [-0.2, 0) is 0 Å². The van der Waals surface area contributed by atoms with E-state index in [9.17, 15) is 10.1 Å². The first-order chi connectivity index (χ1) is 9.88. The summed E-state index contributed by atoms with van der Waals surface area (Å²) in [6, 6.07) is 6.99. The lowest BCUT2D eigenvalue weighted by atomic mass is 10.1. The van der Waals surface area contributed by atoms with Gasteiger partial charge in [0.1, 0.15) is 0 Å². The number of hydrogen-bond acceptors (Lipinski definition) is 5. The van der Waals surface area contributed by atoms with Gasteiger partial charge in [-0.25, -0.2) is 4.98 Å². The van der Waals surface area contributed by atoms with Gasteiger partial charge in [-0.2, -0.15) is 0 Å². The van der Waals surface area contributed by atoms with Crippen molar-refractivity contribution in [1.82, 2.24) is 10.3 Å². The Labute approximate surface area is 128 Å². The Kier molecular flexibility index (Phi) is 4.69. The number of rotatable bonds is 5. The van der Waals surface area contributed by atoms with Crippen molar-refractivity contribution in [3.8, 4) is 0 Å². The minimum atomic E-state index is -0.381. The number of benzene rings is 1. The van der Waals surface area contributed by atoms with Crippen LogP contribution in [0.2, 0.25) is 0 Å². The molecular formula is C15H19N3O2S. The number of non-ortho nitro benzene ring substituents is 1. The molecular weight excluding hydrogens is 286 g/mol. The molecule has 0 saturated heterocycles. The molecule has 1 N–H and O–H groups in total. The van der Waals surface area contributed by atoms with Crippen LogP contribution in [0.25, 0.3) is 0 Å². The van der Waals surface area contributed by atoms with Gasteiger partial charge >= 0.3 is 0 Å². The molecule has 1 aromatic heterocycles. The molecule has 0 saturated carbocycles. The van der Waals surface area contributed by atoms with Crippen LogP contribution in [0.4, 0.5) is 5.69 Å². The largest absolute Gasteiger partial charge is 0.303 e. The van der Waals surface area contributed by atoms with Crippen molar-refractivity contribution in [3.05, 3.63) is 55.5 Å². The van der Waals surface area contributed by atoms with Crippen LogP contribution >= 0.6 is 11.3 Å². The van der Waals surface area contributed by atoms with Crippen LogP contribution in [0.15, 0.2) is 24.3 Å². The van der Waals surface area contributed by atoms with E-state index < -0.39 is 0 Å². The highest BCUT2D eigenvalue weighted by Crippen LogP contribution is 2.27. The number of thiazole rings is 1. The lowest BCUT2D eigenvalue weighted by molar-refractivity contribution is -0.384. The van der Waals surface area contributed by atoms with Crippen LogP contribution in [0.3, 0.4) is 0 Å². The van der Waals surface area contributed by atoms with Gasteiger partial charge in [0.15, 0.2) is 0 Å². The molecule has 2 aromatic rings. The first-order valence-electron chi connectivity index (χ1n) is 6.82. The number of nitrogens with zero attached hydrogens (tertiary/aromatic N) is 2. The molecule has 2 atom stereocenters. The molecule has 0 aliphatic carbocycles. The van der Waals surface area contributed by atoms with Crippen molar-refractivity contribution >= 4 is 17.0 Å². The summed E-state index contributed by atoms with van der Waals surface area (Å²) in [5.74, 6) is 0. The third kappa shape index (κ3) is 3.65. The molecule has 6 heteroatoms. The monoisotopic (exact) mass is 305 g/mol. The fourth-order valence-electron chi connectivity index (χ4n) is 2.38. The molecule has 2 rings (SSSR count). The summed E-state index contributed by atoms with van der Waals surface area (Å²) in [4.78, 5) is 16.0. The van der Waals surface area contributed by atoms with Gasteiger partial charge in [-0.3, -0.25) is 10.1 Å². The highest BCUT2D eigenvalue weighted by atomic mass is 32.1. The third-order valence-electron chi connectivity index (χ3n) is 3.44. The first kappa shape index (κ1) is 15.6. The molecule has 1 aromatic carbocycles. The van der Waals surface area contributed by atoms with Gasteiger partial charge < -0.3 is 5.32 Å². The number of hydrogen-bond donors (Lipinski definition) is 1. The fraction of sp³-hybridized carbons (Fsp3) is 0.400. The van der Waals surface area contributed by atoms with Gasteiger partial charge in [-0.15, -0.1) is 11.3 Å². The van der Waals surface area contributed by atoms with Gasteiger partial charge in [-0.1, -0.05) is 12.1 Å². The number of nitrogens with one attached hydrogen (secondary N) is 1. The summed E-state index contributed by atoms with van der Waals surface area (Å²) in [5.41, 5.74) is 2.22. The molecule has 0 bridgehead atoms. The van der Waals surface area contributed by atoms with Crippen molar-refractivity contribution in [1.29, 1.82) is 0 Å². The van der Waals surface area contributed by atoms with Crippen LogP contribution in [-0.4, -0.2) is 9.91 Å². The lowest BCUT2D eigenvalue weighted by Gasteiger charge is -2.19. The predicted molar refractivity (Wildman–Crippen MR) is 84.7 cm³/mol. The molecule has 0 fully saturated rings. The molecule has 2 unspecified atom stereocenters. The summed E-state index contributed by atoms with van der Waals surface area (Å²) in [7, 11) is 0. The smallest absolute Gasteiger partial charge is 0.269 e. The molecule has 0 amide bonds. The number of nitro benzene ring substituents is 1. The SMILES string of the molecule is Cc1nc(C)c(C(C)NC(C)c2ccc([N+](=O)[O-])cc2)s1. The predicted octanol–water partition coefficient (Wildman–Crippen LogP) is 4.08. The summed E-state index contributed by atoms with van der Waals surface area (Å²) in [5, 5.41) is 15.3. The Hall–Kier alpha value is -1.79. The van der Waals surface area contributed by atoms with Gasteiger partial charge in [0, 0.05) is 29.1 Å². The molecule has 0 spiro atoms. The standard InChI is InChI=1S/C15H19N3O2S/c1-9(13-5-7-14(8-6-13)18(19)20)16-10(2)15-11(3)17-12(4)21-15/h5-10,16H,1-4H3. The molecule has 5 nitrogen and oxygen atoms in total. The minimum Gasteiger partial charge on any atom is -0.303 e. The Morgan fingerprint density at radius 2 is 1.81 bits per heavy atom. The second-order valence-electron chi connectivity index (χ2n) is 5.14. The molecule has 112 valence electrons. The average molecular weight is 305 g/mol. The van der Waals surface area contributed by atoms with Crippen molar-refractivity contribution in [2.45, 2.75) is 39.8 Å². The van der Waals surface area contributed by atoms with Crippen molar-refractivity contribution in [3.63, 3.8) is 0 Å². The average Bonchev–Trinajstić information content (AvgIpc) is 2.77. The van der Waals surface area contributed by atoms with Gasteiger partial charge in [0.2, 0.25) is 0 Å². The second-order valence-corrected chi connectivity index (χ2v) is 6.38.